The van der Waals surface area contributed by atoms with Crippen molar-refractivity contribution in [3.8, 4) is 35.0 Å². The largest absolute Gasteiger partial charge is 0.504 e. The molecule has 0 saturated heterocycles. The number of fused-ring (bicyclic) bond motifs is 3. The van der Waals surface area contributed by atoms with Crippen molar-refractivity contribution < 1.29 is 34.3 Å². The molecule has 52 heavy (non-hydrogen) atoms. The Kier molecular flexibility index (Phi) is 13.9. The molecule has 1 aliphatic heterocycles. The number of nitrogens with one attached hydrogen (secondary N) is 3. The van der Waals surface area contributed by atoms with E-state index in [2.05, 4.69) is 32.9 Å². The number of hydrogen-bond acceptors (Lipinski definition) is 9. The van der Waals surface area contributed by atoms with Crippen LogP contribution in [-0.4, -0.2) is 80.2 Å². The van der Waals surface area contributed by atoms with Crippen LogP contribution in [0.1, 0.15) is 75.3 Å². The van der Waals surface area contributed by atoms with Gasteiger partial charge in [0, 0.05) is 51.3 Å². The standard InChI is InChI=1S/C41H56N4O7/c1-42-28-40(18-15-29(26-40)16-22-51-21-8-20-46)52-36-24-30-9-4-5-12-37(48)41(27-31-13-14-34(47)35(25-31)50-3)17-6-10-32(41)11-7-19-44-39(43-2)45-33(23-30)38(36)49/h5,12-14,23-25,29,32,42,46-47,49H,4,6,8-11,15-18,20-22,26-28H2,1-3H3,(H2,43,44,45)/t29-,32+,40+,41+/m0/s1. The second-order valence-electron chi connectivity index (χ2n) is 14.5. The number of aliphatic hydroxyl groups is 1. The summed E-state index contributed by atoms with van der Waals surface area (Å²) in [5.74, 6) is 5.08. The summed E-state index contributed by atoms with van der Waals surface area (Å²) in [4.78, 5) is 18.6. The third kappa shape index (κ3) is 9.59. The van der Waals surface area contributed by atoms with E-state index in [0.29, 0.717) is 80.9 Å². The number of methoxy groups -OCH3 is 1. The van der Waals surface area contributed by atoms with Crippen LogP contribution in [-0.2, 0) is 22.4 Å². The van der Waals surface area contributed by atoms with Gasteiger partial charge in [0.2, 0.25) is 5.96 Å². The predicted octanol–water partition coefficient (Wildman–Crippen LogP) is 5.47. The molecule has 11 nitrogen and oxygen atoms in total. The minimum atomic E-state index is -0.622. The first-order valence-corrected chi connectivity index (χ1v) is 18.7. The average molecular weight is 717 g/mol. The number of carbonyl (C=O) groups is 1. The van der Waals surface area contributed by atoms with E-state index in [4.69, 9.17) is 19.3 Å². The van der Waals surface area contributed by atoms with Crippen LogP contribution in [0.4, 0.5) is 5.69 Å². The fraction of sp³-hybridized carbons (Fsp3) is 0.561. The van der Waals surface area contributed by atoms with Crippen molar-refractivity contribution >= 4 is 17.4 Å². The lowest BCUT2D eigenvalue weighted by Crippen LogP contribution is -2.42. The van der Waals surface area contributed by atoms with Crippen molar-refractivity contribution in [3.63, 3.8) is 0 Å². The summed E-state index contributed by atoms with van der Waals surface area (Å²) in [7, 11) is 5.09. The van der Waals surface area contributed by atoms with E-state index < -0.39 is 11.0 Å². The van der Waals surface area contributed by atoms with Crippen LogP contribution in [0.2, 0.25) is 0 Å². The lowest BCUT2D eigenvalue weighted by molar-refractivity contribution is -0.125. The van der Waals surface area contributed by atoms with Gasteiger partial charge in [0.1, 0.15) is 5.60 Å². The SMILES string of the molecule is CN=C1NC#CC[C@H]2CCC[C@]2(Cc2ccc(O)c(OC)c2)C(=O)C=CCCc2cc(c(O)c(O[C@]3(CNC)CC[C@@H](CCOCCCO)C3)c2)N1. The highest BCUT2D eigenvalue weighted by Gasteiger charge is 2.47. The number of phenolic OH excluding ortho intramolecular Hbond substituents is 2. The zero-order chi connectivity index (χ0) is 37.0. The van der Waals surface area contributed by atoms with Gasteiger partial charge in [-0.2, -0.15) is 0 Å². The van der Waals surface area contributed by atoms with Gasteiger partial charge in [-0.1, -0.05) is 24.5 Å². The Morgan fingerprint density at radius 3 is 2.77 bits per heavy atom. The second-order valence-corrected chi connectivity index (χ2v) is 14.5. The van der Waals surface area contributed by atoms with Crippen LogP contribution in [0.15, 0.2) is 47.5 Å². The number of ether oxygens (including phenoxy) is 3. The minimum absolute atomic E-state index is 0.000592. The number of aliphatic imine (C=N–C) groups is 1. The van der Waals surface area contributed by atoms with E-state index in [1.807, 2.05) is 37.4 Å². The van der Waals surface area contributed by atoms with Gasteiger partial charge in [0.15, 0.2) is 28.8 Å². The van der Waals surface area contributed by atoms with Crippen LogP contribution in [0, 0.1) is 29.2 Å². The number of phenols is 2. The molecule has 2 saturated carbocycles. The number of ketones is 1. The molecule has 1 heterocycles. The molecule has 2 aliphatic carbocycles. The van der Waals surface area contributed by atoms with Gasteiger partial charge >= 0.3 is 0 Å². The number of allylic oxidation sites excluding steroid dienone is 2. The Bertz CT molecular complexity index is 1650. The number of anilines is 1. The van der Waals surface area contributed by atoms with Crippen molar-refractivity contribution in [3.05, 3.63) is 53.6 Å². The molecule has 6 N–H and O–H groups in total. The summed E-state index contributed by atoms with van der Waals surface area (Å²) in [6.45, 7) is 1.96. The molecule has 0 aromatic heterocycles. The first-order valence-electron chi connectivity index (χ1n) is 18.7. The molecule has 2 aromatic rings. The monoisotopic (exact) mass is 716 g/mol. The zero-order valence-electron chi connectivity index (χ0n) is 30.9. The molecule has 2 aromatic carbocycles. The fourth-order valence-corrected chi connectivity index (χ4v) is 8.23. The highest BCUT2D eigenvalue weighted by molar-refractivity contribution is 5.97. The normalized spacial score (nSPS) is 25.5. The molecule has 282 valence electrons. The molecular weight excluding hydrogens is 660 g/mol. The summed E-state index contributed by atoms with van der Waals surface area (Å²) in [6.07, 6.45) is 12.8. The van der Waals surface area contributed by atoms with Gasteiger partial charge in [-0.15, -0.1) is 0 Å². The highest BCUT2D eigenvalue weighted by Crippen LogP contribution is 2.49. The molecule has 2 fully saturated rings. The van der Waals surface area contributed by atoms with Crippen LogP contribution in [0.25, 0.3) is 0 Å². The van der Waals surface area contributed by atoms with Crippen molar-refractivity contribution in [1.29, 1.82) is 0 Å². The van der Waals surface area contributed by atoms with Crippen molar-refractivity contribution in [2.45, 2.75) is 82.7 Å². The van der Waals surface area contributed by atoms with E-state index in [0.717, 1.165) is 56.1 Å². The van der Waals surface area contributed by atoms with Crippen molar-refractivity contribution in [2.75, 3.05) is 52.9 Å². The van der Waals surface area contributed by atoms with Gasteiger partial charge in [-0.05, 0) is 125 Å². The lowest BCUT2D eigenvalue weighted by atomic mass is 9.69. The average Bonchev–Trinajstić information content (AvgIpc) is 3.74. The maximum Gasteiger partial charge on any atom is 0.207 e. The topological polar surface area (TPSA) is 154 Å². The van der Waals surface area contributed by atoms with E-state index in [-0.39, 0.29) is 29.8 Å². The number of aromatic hydroxyl groups is 2. The lowest BCUT2D eigenvalue weighted by Gasteiger charge is -2.33. The van der Waals surface area contributed by atoms with Crippen molar-refractivity contribution in [2.24, 2.45) is 22.2 Å². The number of guanidine groups is 1. The van der Waals surface area contributed by atoms with Gasteiger partial charge in [0.05, 0.1) is 12.8 Å². The first-order chi connectivity index (χ1) is 25.2. The third-order valence-corrected chi connectivity index (χ3v) is 10.9. The molecule has 11 heteroatoms. The van der Waals surface area contributed by atoms with Crippen LogP contribution < -0.4 is 25.4 Å². The maximum atomic E-state index is 14.2. The van der Waals surface area contributed by atoms with Gasteiger partial charge in [0.25, 0.3) is 0 Å². The number of aryl methyl sites for hydroxylation is 1. The van der Waals surface area contributed by atoms with Gasteiger partial charge in [-0.3, -0.25) is 15.1 Å². The summed E-state index contributed by atoms with van der Waals surface area (Å²) in [5.41, 5.74) is 1.22. The summed E-state index contributed by atoms with van der Waals surface area (Å²) < 4.78 is 17.9. The second kappa shape index (κ2) is 18.5. The molecule has 0 amide bonds. The third-order valence-electron chi connectivity index (χ3n) is 10.9. The molecule has 4 atom stereocenters. The number of carbonyl (C=O) groups excluding carboxylic acids is 1. The Morgan fingerprint density at radius 1 is 1.12 bits per heavy atom. The number of aliphatic hydroxyl groups excluding tert-OH is 1. The van der Waals surface area contributed by atoms with Crippen LogP contribution in [0.3, 0.4) is 0 Å². The molecular formula is C41H56N4O7. The summed E-state index contributed by atoms with van der Waals surface area (Å²) in [6, 6.07) is 12.2. The smallest absolute Gasteiger partial charge is 0.207 e. The minimum Gasteiger partial charge on any atom is -0.504 e. The molecule has 0 spiro atoms. The Hall–Kier alpha value is -4.24. The van der Waals surface area contributed by atoms with Gasteiger partial charge < -0.3 is 40.2 Å². The molecule has 0 unspecified atom stereocenters. The maximum absolute atomic E-state index is 14.2. The summed E-state index contributed by atoms with van der Waals surface area (Å²) in [5, 5.41) is 40.4. The van der Waals surface area contributed by atoms with E-state index in [9.17, 15) is 15.0 Å². The number of hydrogen-bond donors (Lipinski definition) is 6. The quantitative estimate of drug-likeness (QED) is 0.0894. The van der Waals surface area contributed by atoms with E-state index in [1.165, 1.54) is 7.11 Å². The van der Waals surface area contributed by atoms with Gasteiger partial charge in [-0.25, -0.2) is 0 Å². The van der Waals surface area contributed by atoms with Crippen LogP contribution in [0.5, 0.6) is 23.0 Å². The van der Waals surface area contributed by atoms with Crippen molar-refractivity contribution in [1.82, 2.24) is 10.6 Å². The Morgan fingerprint density at radius 2 is 1.98 bits per heavy atom. The molecule has 0 radical (unpaired) electrons. The first kappa shape index (κ1) is 39.0. The number of nitrogens with zero attached hydrogens (tertiary/aromatic N) is 1. The summed E-state index contributed by atoms with van der Waals surface area (Å²) >= 11 is 0. The molecule has 5 rings (SSSR count). The molecule has 2 bridgehead atoms. The van der Waals surface area contributed by atoms with E-state index in [1.54, 1.807) is 19.2 Å². The number of rotatable bonds is 13. The number of likely N-dealkylation sites (N-methyl/N-ethyl adjacent to an activating group) is 1. The van der Waals surface area contributed by atoms with E-state index >= 15 is 0 Å². The highest BCUT2D eigenvalue weighted by atomic mass is 16.5. The molecule has 3 aliphatic rings. The Balaban J connectivity index is 1.40. The zero-order valence-corrected chi connectivity index (χ0v) is 30.9. The predicted molar refractivity (Wildman–Crippen MR) is 203 cm³/mol. The Labute approximate surface area is 308 Å². The number of benzene rings is 2. The van der Waals surface area contributed by atoms with Crippen LogP contribution >= 0.6 is 0 Å². The fourth-order valence-electron chi connectivity index (χ4n) is 8.23.